The number of halogens is 1. The quantitative estimate of drug-likeness (QED) is 0.514. The van der Waals surface area contributed by atoms with Gasteiger partial charge in [-0.3, -0.25) is 9.69 Å². The van der Waals surface area contributed by atoms with Gasteiger partial charge < -0.3 is 19.5 Å². The summed E-state index contributed by atoms with van der Waals surface area (Å²) in [5.41, 5.74) is 2.82. The third-order valence-electron chi connectivity index (χ3n) is 7.90. The molecule has 2 bridgehead atoms. The predicted molar refractivity (Wildman–Crippen MR) is 134 cm³/mol. The van der Waals surface area contributed by atoms with Gasteiger partial charge in [0.05, 0.1) is 44.0 Å². The van der Waals surface area contributed by atoms with E-state index in [1.165, 1.54) is 0 Å². The number of benzene rings is 1. The van der Waals surface area contributed by atoms with Crippen molar-refractivity contribution in [3.8, 4) is 11.8 Å². The smallest absolute Gasteiger partial charge is 0.320 e. The Bertz CT molecular complexity index is 1330. The molecule has 3 aromatic rings. The number of methoxy groups -OCH3 is 1. The summed E-state index contributed by atoms with van der Waals surface area (Å²) in [6, 6.07) is 6.57. The second-order valence-electron chi connectivity index (χ2n) is 10.2. The van der Waals surface area contributed by atoms with E-state index in [1.54, 1.807) is 18.0 Å². The molecule has 4 unspecified atom stereocenters. The van der Waals surface area contributed by atoms with Crippen LogP contribution in [0, 0.1) is 6.92 Å². The van der Waals surface area contributed by atoms with Crippen LogP contribution in [-0.2, 0) is 9.53 Å². The van der Waals surface area contributed by atoms with E-state index < -0.39 is 12.1 Å². The van der Waals surface area contributed by atoms with Gasteiger partial charge in [-0.25, -0.2) is 9.07 Å². The Kier molecular flexibility index (Phi) is 6.20. The summed E-state index contributed by atoms with van der Waals surface area (Å²) < 4.78 is 28.3. The van der Waals surface area contributed by atoms with Crippen molar-refractivity contribution in [2.75, 3.05) is 44.8 Å². The SMILES string of the molecule is COc1nc(N2CC3CC2CO3)cc(-n2ncc3cc(C)c(C4CCN(CCC(=O)O)CC4F)cc32)n1. The molecule has 2 aromatic heterocycles. The first-order valence-electron chi connectivity index (χ1n) is 12.8. The van der Waals surface area contributed by atoms with Gasteiger partial charge in [0.25, 0.3) is 0 Å². The molecule has 11 heteroatoms. The highest BCUT2D eigenvalue weighted by atomic mass is 19.1. The van der Waals surface area contributed by atoms with E-state index in [1.807, 2.05) is 30.0 Å². The Hall–Kier alpha value is -3.31. The van der Waals surface area contributed by atoms with Gasteiger partial charge in [0.1, 0.15) is 12.0 Å². The number of ether oxygens (including phenoxy) is 2. The molecule has 3 aliphatic heterocycles. The van der Waals surface area contributed by atoms with Gasteiger partial charge in [0.15, 0.2) is 5.82 Å². The lowest BCUT2D eigenvalue weighted by atomic mass is 9.85. The minimum atomic E-state index is -1.08. The summed E-state index contributed by atoms with van der Waals surface area (Å²) in [5, 5.41) is 14.5. The van der Waals surface area contributed by atoms with Gasteiger partial charge in [-0.1, -0.05) is 0 Å². The fourth-order valence-corrected chi connectivity index (χ4v) is 5.99. The minimum Gasteiger partial charge on any atom is -0.481 e. The van der Waals surface area contributed by atoms with Crippen molar-refractivity contribution < 1.29 is 23.8 Å². The predicted octanol–water partition coefficient (Wildman–Crippen LogP) is 2.71. The number of morpholine rings is 1. The van der Waals surface area contributed by atoms with E-state index in [4.69, 9.17) is 14.6 Å². The Morgan fingerprint density at radius 3 is 2.78 bits per heavy atom. The van der Waals surface area contributed by atoms with Gasteiger partial charge in [0, 0.05) is 37.0 Å². The number of alkyl halides is 1. The Morgan fingerprint density at radius 1 is 1.24 bits per heavy atom. The van der Waals surface area contributed by atoms with Crippen LogP contribution in [0.2, 0.25) is 0 Å². The van der Waals surface area contributed by atoms with E-state index >= 15 is 4.39 Å². The number of aryl methyl sites for hydroxylation is 1. The molecule has 37 heavy (non-hydrogen) atoms. The first kappa shape index (κ1) is 24.1. The molecule has 1 aromatic carbocycles. The molecule has 5 heterocycles. The molecule has 3 fully saturated rings. The van der Waals surface area contributed by atoms with Gasteiger partial charge in [-0.05, 0) is 49.6 Å². The second kappa shape index (κ2) is 9.53. The lowest BCUT2D eigenvalue weighted by molar-refractivity contribution is -0.137. The molecule has 3 saturated heterocycles. The van der Waals surface area contributed by atoms with Gasteiger partial charge in [-0.15, -0.1) is 0 Å². The number of nitrogens with zero attached hydrogens (tertiary/aromatic N) is 6. The Balaban J connectivity index is 1.32. The maximum absolute atomic E-state index is 15.4. The number of aromatic nitrogens is 4. The van der Waals surface area contributed by atoms with Gasteiger partial charge in [-0.2, -0.15) is 15.1 Å². The first-order chi connectivity index (χ1) is 17.9. The molecule has 4 atom stereocenters. The molecule has 1 N–H and O–H groups in total. The molecule has 0 amide bonds. The van der Waals surface area contributed by atoms with E-state index in [9.17, 15) is 4.79 Å². The number of likely N-dealkylation sites (tertiary alicyclic amines) is 1. The highest BCUT2D eigenvalue weighted by Gasteiger charge is 2.40. The maximum atomic E-state index is 15.4. The third-order valence-corrected chi connectivity index (χ3v) is 7.90. The number of carbonyl (C=O) groups is 1. The summed E-state index contributed by atoms with van der Waals surface area (Å²) in [7, 11) is 1.55. The standard InChI is InChI=1S/C26H31FN6O4/c1-15-7-16-11-28-33(22(16)9-20(15)19-3-5-31(13-21(19)27)6-4-25(34)35)24-10-23(29-26(30-24)36-2)32-12-18-8-17(32)14-37-18/h7,9-11,17-19,21H,3-6,8,12-14H2,1-2H3,(H,34,35). The van der Waals surface area contributed by atoms with Crippen molar-refractivity contribution in [2.45, 2.75) is 50.4 Å². The summed E-state index contributed by atoms with van der Waals surface area (Å²) >= 11 is 0. The van der Waals surface area contributed by atoms with Crippen LogP contribution in [0.3, 0.4) is 0 Å². The van der Waals surface area contributed by atoms with E-state index in [0.717, 1.165) is 40.8 Å². The normalized spacial score (nSPS) is 25.8. The Morgan fingerprint density at radius 2 is 2.08 bits per heavy atom. The Labute approximate surface area is 214 Å². The molecule has 0 spiro atoms. The molecule has 0 saturated carbocycles. The summed E-state index contributed by atoms with van der Waals surface area (Å²) in [4.78, 5) is 24.2. The zero-order valence-electron chi connectivity index (χ0n) is 21.0. The first-order valence-corrected chi connectivity index (χ1v) is 12.8. The molecular formula is C26H31FN6O4. The average Bonchev–Trinajstić information content (AvgIpc) is 3.63. The zero-order chi connectivity index (χ0) is 25.7. The van der Waals surface area contributed by atoms with Crippen molar-refractivity contribution in [1.29, 1.82) is 0 Å². The van der Waals surface area contributed by atoms with Crippen LogP contribution < -0.4 is 9.64 Å². The highest BCUT2D eigenvalue weighted by Crippen LogP contribution is 2.36. The minimum absolute atomic E-state index is 0.0256. The van der Waals surface area contributed by atoms with E-state index in [2.05, 4.69) is 20.0 Å². The number of anilines is 1. The monoisotopic (exact) mass is 510 g/mol. The number of aliphatic carboxylic acids is 1. The lowest BCUT2D eigenvalue weighted by Crippen LogP contribution is -2.41. The van der Waals surface area contributed by atoms with Crippen LogP contribution in [0.15, 0.2) is 24.4 Å². The average molecular weight is 511 g/mol. The number of carboxylic acids is 1. The number of fused-ring (bicyclic) bond motifs is 3. The third kappa shape index (κ3) is 4.50. The lowest BCUT2D eigenvalue weighted by Gasteiger charge is -2.35. The van der Waals surface area contributed by atoms with Crippen molar-refractivity contribution in [2.24, 2.45) is 0 Å². The van der Waals surface area contributed by atoms with Crippen molar-refractivity contribution in [3.63, 3.8) is 0 Å². The molecule has 10 nitrogen and oxygen atoms in total. The summed E-state index contributed by atoms with van der Waals surface area (Å²) in [6.07, 6.45) is 2.61. The topological polar surface area (TPSA) is 106 Å². The largest absolute Gasteiger partial charge is 0.481 e. The number of piperidine rings is 1. The molecular weight excluding hydrogens is 479 g/mol. The summed E-state index contributed by atoms with van der Waals surface area (Å²) in [6.45, 7) is 4.77. The van der Waals surface area contributed by atoms with Crippen LogP contribution in [0.5, 0.6) is 6.01 Å². The molecule has 0 aliphatic carbocycles. The van der Waals surface area contributed by atoms with Crippen molar-refractivity contribution >= 4 is 22.7 Å². The zero-order valence-corrected chi connectivity index (χ0v) is 21.0. The fourth-order valence-electron chi connectivity index (χ4n) is 5.99. The molecule has 0 radical (unpaired) electrons. The van der Waals surface area contributed by atoms with Crippen LogP contribution in [0.4, 0.5) is 10.2 Å². The number of rotatable bonds is 7. The van der Waals surface area contributed by atoms with Crippen LogP contribution in [0.25, 0.3) is 16.7 Å². The number of hydrogen-bond acceptors (Lipinski definition) is 8. The van der Waals surface area contributed by atoms with Crippen LogP contribution >= 0.6 is 0 Å². The molecule has 3 aliphatic rings. The maximum Gasteiger partial charge on any atom is 0.320 e. The summed E-state index contributed by atoms with van der Waals surface area (Å²) in [5.74, 6) is 0.258. The van der Waals surface area contributed by atoms with Crippen LogP contribution in [-0.4, -0.2) is 93.9 Å². The molecule has 6 rings (SSSR count). The van der Waals surface area contributed by atoms with Gasteiger partial charge in [0.2, 0.25) is 0 Å². The number of hydrogen-bond donors (Lipinski definition) is 1. The fraction of sp³-hybridized carbons (Fsp3) is 0.538. The second-order valence-corrected chi connectivity index (χ2v) is 10.2. The van der Waals surface area contributed by atoms with Gasteiger partial charge >= 0.3 is 12.0 Å². The van der Waals surface area contributed by atoms with E-state index in [-0.39, 0.29) is 31.0 Å². The number of carboxylic acid groups (broad SMARTS) is 1. The van der Waals surface area contributed by atoms with Crippen molar-refractivity contribution in [1.82, 2.24) is 24.6 Å². The molecule has 196 valence electrons. The van der Waals surface area contributed by atoms with Crippen molar-refractivity contribution in [3.05, 3.63) is 35.5 Å². The van der Waals surface area contributed by atoms with E-state index in [0.29, 0.717) is 38.0 Å². The highest BCUT2D eigenvalue weighted by molar-refractivity contribution is 5.82. The van der Waals surface area contributed by atoms with Crippen LogP contribution in [0.1, 0.15) is 36.3 Å².